The first kappa shape index (κ1) is 25.5. The van der Waals surface area contributed by atoms with Crippen molar-refractivity contribution >= 4 is 27.9 Å². The quantitative estimate of drug-likeness (QED) is 0.302. The number of Topliss-reactive ketones (excluding diaryl/α,β-unsaturated/α-hetero) is 1. The highest BCUT2D eigenvalue weighted by molar-refractivity contribution is 7.89. The molecule has 1 saturated heterocycles. The number of rotatable bonds is 9. The number of ketones is 1. The number of benzene rings is 2. The van der Waals surface area contributed by atoms with E-state index in [1.54, 1.807) is 30.3 Å². The Labute approximate surface area is 200 Å². The Bertz CT molecular complexity index is 1130. The zero-order valence-corrected chi connectivity index (χ0v) is 20.2. The van der Waals surface area contributed by atoms with Crippen LogP contribution in [-0.4, -0.2) is 58.4 Å². The van der Waals surface area contributed by atoms with E-state index in [4.69, 9.17) is 14.2 Å². The number of nitrogens with zero attached hydrogens (tertiary/aromatic N) is 1. The molecule has 0 amide bonds. The van der Waals surface area contributed by atoms with Crippen LogP contribution >= 0.6 is 0 Å². The number of carbonyl (C=O) groups is 2. The molecular weight excluding hydrogens is 458 g/mol. The number of hydrogen-bond donors (Lipinski definition) is 0. The number of ether oxygens (including phenoxy) is 3. The fourth-order valence-electron chi connectivity index (χ4n) is 3.64. The highest BCUT2D eigenvalue weighted by Crippen LogP contribution is 2.25. The summed E-state index contributed by atoms with van der Waals surface area (Å²) in [7, 11) is -0.584. The number of sulfonamides is 1. The third kappa shape index (κ3) is 6.45. The molecule has 1 heterocycles. The van der Waals surface area contributed by atoms with Gasteiger partial charge >= 0.3 is 5.97 Å². The van der Waals surface area contributed by atoms with Crippen molar-refractivity contribution in [1.29, 1.82) is 0 Å². The Morgan fingerprint density at radius 1 is 0.941 bits per heavy atom. The van der Waals surface area contributed by atoms with Crippen molar-refractivity contribution < 1.29 is 32.2 Å². The van der Waals surface area contributed by atoms with Gasteiger partial charge in [-0.3, -0.25) is 4.79 Å². The standard InChI is InChI=1S/C25H29NO7S/c1-31-20-10-13-22(24(17-20)32-2)23(27)18-33-25(28)14-9-19-7-11-21(12-8-19)34(29,30)26-15-5-3-4-6-16-26/h7-14,17H,3-6,15-16,18H2,1-2H3/b14-9+. The first-order valence-electron chi connectivity index (χ1n) is 11.1. The summed E-state index contributed by atoms with van der Waals surface area (Å²) in [6, 6.07) is 11.1. The molecule has 0 aromatic heterocycles. The second-order valence-corrected chi connectivity index (χ2v) is 9.76. The van der Waals surface area contributed by atoms with E-state index in [0.29, 0.717) is 30.2 Å². The summed E-state index contributed by atoms with van der Waals surface area (Å²) in [6.07, 6.45) is 6.53. The Morgan fingerprint density at radius 3 is 2.24 bits per heavy atom. The van der Waals surface area contributed by atoms with E-state index in [-0.39, 0.29) is 10.5 Å². The van der Waals surface area contributed by atoms with Gasteiger partial charge in [0.15, 0.2) is 6.61 Å². The van der Waals surface area contributed by atoms with Crippen LogP contribution in [0.25, 0.3) is 6.08 Å². The minimum absolute atomic E-state index is 0.230. The molecule has 0 aliphatic carbocycles. The van der Waals surface area contributed by atoms with Crippen LogP contribution in [0.3, 0.4) is 0 Å². The Balaban J connectivity index is 1.57. The summed E-state index contributed by atoms with van der Waals surface area (Å²) >= 11 is 0. The molecule has 2 aromatic rings. The molecule has 182 valence electrons. The minimum Gasteiger partial charge on any atom is -0.497 e. The molecule has 1 fully saturated rings. The van der Waals surface area contributed by atoms with Gasteiger partial charge in [-0.1, -0.05) is 25.0 Å². The van der Waals surface area contributed by atoms with Gasteiger partial charge in [-0.25, -0.2) is 13.2 Å². The highest BCUT2D eigenvalue weighted by Gasteiger charge is 2.24. The molecule has 1 aliphatic rings. The van der Waals surface area contributed by atoms with Gasteiger partial charge in [0.1, 0.15) is 11.5 Å². The third-order valence-electron chi connectivity index (χ3n) is 5.55. The molecule has 3 rings (SSSR count). The molecule has 0 spiro atoms. The normalized spacial score (nSPS) is 15.0. The summed E-state index contributed by atoms with van der Waals surface area (Å²) in [5.74, 6) is -0.240. The zero-order valence-electron chi connectivity index (χ0n) is 19.4. The van der Waals surface area contributed by atoms with Crippen LogP contribution in [0.15, 0.2) is 53.4 Å². The molecule has 0 bridgehead atoms. The van der Waals surface area contributed by atoms with Crippen molar-refractivity contribution in [2.45, 2.75) is 30.6 Å². The third-order valence-corrected chi connectivity index (χ3v) is 7.46. The smallest absolute Gasteiger partial charge is 0.331 e. The topological polar surface area (TPSA) is 99.2 Å². The van der Waals surface area contributed by atoms with Crippen molar-refractivity contribution in [3.05, 3.63) is 59.7 Å². The monoisotopic (exact) mass is 487 g/mol. The number of carbonyl (C=O) groups excluding carboxylic acids is 2. The van der Waals surface area contributed by atoms with E-state index in [0.717, 1.165) is 25.7 Å². The lowest BCUT2D eigenvalue weighted by molar-refractivity contribution is -0.136. The molecule has 0 radical (unpaired) electrons. The van der Waals surface area contributed by atoms with E-state index in [9.17, 15) is 18.0 Å². The highest BCUT2D eigenvalue weighted by atomic mass is 32.2. The predicted octanol–water partition coefficient (Wildman–Crippen LogP) is 3.71. The molecule has 1 aliphatic heterocycles. The lowest BCUT2D eigenvalue weighted by atomic mass is 10.1. The lowest BCUT2D eigenvalue weighted by Crippen LogP contribution is -2.31. The molecule has 34 heavy (non-hydrogen) atoms. The van der Waals surface area contributed by atoms with E-state index in [1.807, 2.05) is 0 Å². The summed E-state index contributed by atoms with van der Waals surface area (Å²) in [4.78, 5) is 24.7. The summed E-state index contributed by atoms with van der Waals surface area (Å²) in [5, 5.41) is 0. The van der Waals surface area contributed by atoms with Crippen molar-refractivity contribution in [1.82, 2.24) is 4.31 Å². The van der Waals surface area contributed by atoms with Gasteiger partial charge in [0.25, 0.3) is 0 Å². The first-order chi connectivity index (χ1) is 16.3. The van der Waals surface area contributed by atoms with Crippen LogP contribution < -0.4 is 9.47 Å². The van der Waals surface area contributed by atoms with E-state index >= 15 is 0 Å². The van der Waals surface area contributed by atoms with E-state index in [1.165, 1.54) is 42.8 Å². The second kappa shape index (κ2) is 11.8. The van der Waals surface area contributed by atoms with Crippen LogP contribution in [0.4, 0.5) is 0 Å². The van der Waals surface area contributed by atoms with Crippen molar-refractivity contribution in [3.8, 4) is 11.5 Å². The number of hydrogen-bond acceptors (Lipinski definition) is 7. The van der Waals surface area contributed by atoms with Crippen molar-refractivity contribution in [2.24, 2.45) is 0 Å². The molecule has 0 unspecified atom stereocenters. The van der Waals surface area contributed by atoms with Crippen LogP contribution in [0.2, 0.25) is 0 Å². The minimum atomic E-state index is -3.53. The summed E-state index contributed by atoms with van der Waals surface area (Å²) in [6.45, 7) is 0.632. The maximum Gasteiger partial charge on any atom is 0.331 e. The van der Waals surface area contributed by atoms with Crippen LogP contribution in [0.1, 0.15) is 41.6 Å². The number of esters is 1. The zero-order chi connectivity index (χ0) is 24.6. The maximum atomic E-state index is 12.9. The molecule has 0 N–H and O–H groups in total. The number of methoxy groups -OCH3 is 2. The van der Waals surface area contributed by atoms with E-state index in [2.05, 4.69) is 0 Å². The molecule has 8 nitrogen and oxygen atoms in total. The molecule has 0 atom stereocenters. The van der Waals surface area contributed by atoms with Crippen molar-refractivity contribution in [3.63, 3.8) is 0 Å². The van der Waals surface area contributed by atoms with Gasteiger partial charge < -0.3 is 14.2 Å². The molecule has 2 aromatic carbocycles. The van der Waals surface area contributed by atoms with Gasteiger partial charge in [-0.15, -0.1) is 0 Å². The van der Waals surface area contributed by atoms with Gasteiger partial charge in [-0.05, 0) is 48.7 Å². The summed E-state index contributed by atoms with van der Waals surface area (Å²) in [5.41, 5.74) is 0.913. The molecule has 0 saturated carbocycles. The van der Waals surface area contributed by atoms with Gasteiger partial charge in [-0.2, -0.15) is 4.31 Å². The average molecular weight is 488 g/mol. The lowest BCUT2D eigenvalue weighted by Gasteiger charge is -2.19. The first-order valence-corrected chi connectivity index (χ1v) is 12.5. The van der Waals surface area contributed by atoms with Crippen molar-refractivity contribution in [2.75, 3.05) is 33.9 Å². The van der Waals surface area contributed by atoms with E-state index < -0.39 is 28.4 Å². The van der Waals surface area contributed by atoms with Crippen LogP contribution in [-0.2, 0) is 19.6 Å². The average Bonchev–Trinajstić information content (AvgIpc) is 3.16. The summed E-state index contributed by atoms with van der Waals surface area (Å²) < 4.78 is 42.6. The molecule has 9 heteroatoms. The Morgan fingerprint density at radius 2 is 1.62 bits per heavy atom. The van der Waals surface area contributed by atoms with Crippen LogP contribution in [0, 0.1) is 0 Å². The largest absolute Gasteiger partial charge is 0.497 e. The Kier molecular flexibility index (Phi) is 8.84. The fraction of sp³-hybridized carbons (Fsp3) is 0.360. The van der Waals surface area contributed by atoms with Gasteiger partial charge in [0, 0.05) is 25.2 Å². The second-order valence-electron chi connectivity index (χ2n) is 7.82. The SMILES string of the molecule is COc1ccc(C(=O)COC(=O)/C=C/c2ccc(S(=O)(=O)N3CCCCCC3)cc2)c(OC)c1. The van der Waals surface area contributed by atoms with Gasteiger partial charge in [0.05, 0.1) is 24.7 Å². The fourth-order valence-corrected chi connectivity index (χ4v) is 5.15. The maximum absolute atomic E-state index is 12.9. The molecular formula is C25H29NO7S. The Hall–Kier alpha value is -3.17. The van der Waals surface area contributed by atoms with Gasteiger partial charge in [0.2, 0.25) is 15.8 Å². The predicted molar refractivity (Wildman–Crippen MR) is 128 cm³/mol. The van der Waals surface area contributed by atoms with Crippen LogP contribution in [0.5, 0.6) is 11.5 Å².